The van der Waals surface area contributed by atoms with Crippen LogP contribution in [0.3, 0.4) is 0 Å². The molecule has 2 N–H and O–H groups in total. The van der Waals surface area contributed by atoms with Crippen molar-refractivity contribution in [2.75, 3.05) is 7.11 Å². The van der Waals surface area contributed by atoms with E-state index in [1.807, 2.05) is 42.6 Å². The molecule has 0 fully saturated rings. The van der Waals surface area contributed by atoms with E-state index in [0.29, 0.717) is 13.0 Å². The third-order valence-electron chi connectivity index (χ3n) is 3.17. The van der Waals surface area contributed by atoms with Gasteiger partial charge in [-0.15, -0.1) is 0 Å². The first kappa shape index (κ1) is 12.6. The minimum atomic E-state index is 0.501. The number of fused-ring (bicyclic) bond motifs is 1. The largest absolute Gasteiger partial charge is 0.497 e. The van der Waals surface area contributed by atoms with Crippen molar-refractivity contribution in [3.63, 3.8) is 0 Å². The summed E-state index contributed by atoms with van der Waals surface area (Å²) in [4.78, 5) is 4.51. The molecule has 2 heterocycles. The van der Waals surface area contributed by atoms with E-state index in [2.05, 4.69) is 10.1 Å². The van der Waals surface area contributed by atoms with Gasteiger partial charge in [-0.25, -0.2) is 9.50 Å². The normalized spacial score (nSPS) is 10.9. The number of benzene rings is 1. The van der Waals surface area contributed by atoms with Gasteiger partial charge in [0.1, 0.15) is 5.75 Å². The molecule has 0 atom stereocenters. The van der Waals surface area contributed by atoms with Gasteiger partial charge in [0, 0.05) is 19.2 Å². The van der Waals surface area contributed by atoms with Crippen LogP contribution in [-0.2, 0) is 13.0 Å². The number of nitrogens with zero attached hydrogens (tertiary/aromatic N) is 3. The van der Waals surface area contributed by atoms with Crippen LogP contribution in [-0.4, -0.2) is 21.7 Å². The van der Waals surface area contributed by atoms with Crippen molar-refractivity contribution in [2.45, 2.75) is 13.0 Å². The third kappa shape index (κ3) is 2.48. The lowest BCUT2D eigenvalue weighted by Crippen LogP contribution is -1.99. The van der Waals surface area contributed by atoms with Crippen LogP contribution in [0.5, 0.6) is 5.75 Å². The molecule has 5 nitrogen and oxygen atoms in total. The Labute approximate surface area is 117 Å². The fourth-order valence-corrected chi connectivity index (χ4v) is 2.13. The van der Waals surface area contributed by atoms with E-state index in [0.717, 1.165) is 28.3 Å². The zero-order chi connectivity index (χ0) is 13.9. The van der Waals surface area contributed by atoms with Crippen LogP contribution in [0.25, 0.3) is 5.65 Å². The third-order valence-corrected chi connectivity index (χ3v) is 3.17. The molecule has 2 aromatic heterocycles. The maximum Gasteiger partial charge on any atom is 0.156 e. The Morgan fingerprint density at radius 1 is 1.20 bits per heavy atom. The van der Waals surface area contributed by atoms with Crippen LogP contribution in [0.1, 0.15) is 17.0 Å². The van der Waals surface area contributed by atoms with Crippen molar-refractivity contribution >= 4 is 5.65 Å². The van der Waals surface area contributed by atoms with Crippen LogP contribution < -0.4 is 10.5 Å². The first-order valence-corrected chi connectivity index (χ1v) is 6.45. The summed E-state index contributed by atoms with van der Waals surface area (Å²) < 4.78 is 7.00. The lowest BCUT2D eigenvalue weighted by atomic mass is 10.1. The van der Waals surface area contributed by atoms with Crippen LogP contribution in [0, 0.1) is 0 Å². The first-order valence-electron chi connectivity index (χ1n) is 6.45. The first-order chi connectivity index (χ1) is 9.78. The lowest BCUT2D eigenvalue weighted by molar-refractivity contribution is 0.414. The molecule has 5 heteroatoms. The number of methoxy groups -OCH3 is 1. The monoisotopic (exact) mass is 268 g/mol. The molecule has 0 bridgehead atoms. The molecule has 0 unspecified atom stereocenters. The summed E-state index contributed by atoms with van der Waals surface area (Å²) in [6.07, 6.45) is 2.59. The van der Waals surface area contributed by atoms with Gasteiger partial charge < -0.3 is 10.5 Å². The SMILES string of the molecule is COc1cccc(Cc2nc3ccc(CN)cn3n2)c1. The van der Waals surface area contributed by atoms with E-state index < -0.39 is 0 Å². The van der Waals surface area contributed by atoms with Crippen molar-refractivity contribution < 1.29 is 4.74 Å². The minimum absolute atomic E-state index is 0.501. The van der Waals surface area contributed by atoms with Crippen LogP contribution in [0.4, 0.5) is 0 Å². The van der Waals surface area contributed by atoms with Gasteiger partial charge in [-0.3, -0.25) is 0 Å². The molecule has 0 saturated carbocycles. The van der Waals surface area contributed by atoms with E-state index in [1.165, 1.54) is 0 Å². The van der Waals surface area contributed by atoms with E-state index in [-0.39, 0.29) is 0 Å². The second kappa shape index (κ2) is 5.30. The molecule has 20 heavy (non-hydrogen) atoms. The van der Waals surface area contributed by atoms with Gasteiger partial charge in [0.25, 0.3) is 0 Å². The van der Waals surface area contributed by atoms with Gasteiger partial charge in [0.2, 0.25) is 0 Å². The summed E-state index contributed by atoms with van der Waals surface area (Å²) in [5.41, 5.74) is 8.62. The summed E-state index contributed by atoms with van der Waals surface area (Å²) >= 11 is 0. The molecule has 0 aliphatic rings. The highest BCUT2D eigenvalue weighted by molar-refractivity contribution is 5.39. The average Bonchev–Trinajstić information content (AvgIpc) is 2.88. The van der Waals surface area contributed by atoms with Gasteiger partial charge in [0.05, 0.1) is 7.11 Å². The summed E-state index contributed by atoms with van der Waals surface area (Å²) in [6, 6.07) is 11.8. The molecular formula is C15H16N4O. The van der Waals surface area contributed by atoms with E-state index in [1.54, 1.807) is 11.6 Å². The van der Waals surface area contributed by atoms with Crippen LogP contribution >= 0.6 is 0 Å². The number of hydrogen-bond donors (Lipinski definition) is 1. The minimum Gasteiger partial charge on any atom is -0.497 e. The fourth-order valence-electron chi connectivity index (χ4n) is 2.13. The molecule has 3 aromatic rings. The van der Waals surface area contributed by atoms with E-state index >= 15 is 0 Å². The predicted molar refractivity (Wildman–Crippen MR) is 76.7 cm³/mol. The van der Waals surface area contributed by atoms with E-state index in [4.69, 9.17) is 10.5 Å². The Morgan fingerprint density at radius 2 is 2.10 bits per heavy atom. The van der Waals surface area contributed by atoms with Gasteiger partial charge in [-0.2, -0.15) is 5.10 Å². The Hall–Kier alpha value is -2.40. The quantitative estimate of drug-likeness (QED) is 0.783. The molecular weight excluding hydrogens is 252 g/mol. The second-order valence-corrected chi connectivity index (χ2v) is 4.60. The highest BCUT2D eigenvalue weighted by atomic mass is 16.5. The Morgan fingerprint density at radius 3 is 2.90 bits per heavy atom. The van der Waals surface area contributed by atoms with E-state index in [9.17, 15) is 0 Å². The number of rotatable bonds is 4. The molecule has 102 valence electrons. The van der Waals surface area contributed by atoms with Crippen molar-refractivity contribution in [3.8, 4) is 5.75 Å². The predicted octanol–water partition coefficient (Wildman–Crippen LogP) is 1.79. The summed E-state index contributed by atoms with van der Waals surface area (Å²) in [6.45, 7) is 0.501. The maximum atomic E-state index is 5.63. The Kier molecular flexibility index (Phi) is 3.35. The summed E-state index contributed by atoms with van der Waals surface area (Å²) in [5, 5.41) is 4.48. The molecule has 3 rings (SSSR count). The number of nitrogens with two attached hydrogens (primary N) is 1. The van der Waals surface area contributed by atoms with Crippen molar-refractivity contribution in [2.24, 2.45) is 5.73 Å². The van der Waals surface area contributed by atoms with Crippen LogP contribution in [0.2, 0.25) is 0 Å². The highest BCUT2D eigenvalue weighted by Crippen LogP contribution is 2.15. The van der Waals surface area contributed by atoms with Gasteiger partial charge >= 0.3 is 0 Å². The molecule has 0 saturated heterocycles. The lowest BCUT2D eigenvalue weighted by Gasteiger charge is -2.01. The molecule has 0 aliphatic carbocycles. The maximum absolute atomic E-state index is 5.63. The number of aromatic nitrogens is 3. The average molecular weight is 268 g/mol. The van der Waals surface area contributed by atoms with Crippen molar-refractivity contribution in [1.29, 1.82) is 0 Å². The molecule has 0 amide bonds. The molecule has 1 aromatic carbocycles. The molecule has 0 radical (unpaired) electrons. The zero-order valence-electron chi connectivity index (χ0n) is 11.3. The zero-order valence-corrected chi connectivity index (χ0v) is 11.3. The summed E-state index contributed by atoms with van der Waals surface area (Å²) in [7, 11) is 1.66. The summed E-state index contributed by atoms with van der Waals surface area (Å²) in [5.74, 6) is 1.63. The number of hydrogen-bond acceptors (Lipinski definition) is 4. The standard InChI is InChI=1S/C15H16N4O/c1-20-13-4-2-3-11(7-13)8-14-17-15-6-5-12(9-16)10-19(15)18-14/h2-7,10H,8-9,16H2,1H3. The van der Waals surface area contributed by atoms with Crippen molar-refractivity contribution in [1.82, 2.24) is 14.6 Å². The Balaban J connectivity index is 1.90. The number of pyridine rings is 1. The topological polar surface area (TPSA) is 65.4 Å². The second-order valence-electron chi connectivity index (χ2n) is 4.60. The van der Waals surface area contributed by atoms with Gasteiger partial charge in [-0.05, 0) is 29.3 Å². The van der Waals surface area contributed by atoms with Crippen molar-refractivity contribution in [3.05, 3.63) is 59.5 Å². The Bertz CT molecular complexity index is 736. The fraction of sp³-hybridized carbons (Fsp3) is 0.200. The molecule has 0 aliphatic heterocycles. The number of ether oxygens (including phenoxy) is 1. The smallest absolute Gasteiger partial charge is 0.156 e. The molecule has 0 spiro atoms. The van der Waals surface area contributed by atoms with Gasteiger partial charge in [0.15, 0.2) is 11.5 Å². The van der Waals surface area contributed by atoms with Gasteiger partial charge in [-0.1, -0.05) is 18.2 Å². The highest BCUT2D eigenvalue weighted by Gasteiger charge is 2.06. The van der Waals surface area contributed by atoms with Crippen LogP contribution in [0.15, 0.2) is 42.6 Å².